The Morgan fingerprint density at radius 2 is 1.73 bits per heavy atom. The van der Waals surface area contributed by atoms with Crippen LogP contribution in [0.5, 0.6) is 5.75 Å². The lowest BCUT2D eigenvalue weighted by Gasteiger charge is -2.22. The molecule has 0 aliphatic carbocycles. The summed E-state index contributed by atoms with van der Waals surface area (Å²) in [7, 11) is 0. The molecule has 0 aliphatic heterocycles. The molecule has 0 radical (unpaired) electrons. The summed E-state index contributed by atoms with van der Waals surface area (Å²) in [5, 5.41) is 7.42. The number of hydrogen-bond donors (Lipinski definition) is 2. The lowest BCUT2D eigenvalue weighted by Crippen LogP contribution is -2.49. The van der Waals surface area contributed by atoms with Crippen molar-refractivity contribution in [1.29, 1.82) is 0 Å². The quantitative estimate of drug-likeness (QED) is 0.155. The van der Waals surface area contributed by atoms with E-state index in [-0.39, 0.29) is 10.9 Å². The van der Waals surface area contributed by atoms with E-state index in [0.717, 1.165) is 5.56 Å². The number of carbonyl (C=O) groups excluding carboxylic acids is 3. The largest absolute Gasteiger partial charge is 0.479 e. The van der Waals surface area contributed by atoms with E-state index in [0.29, 0.717) is 40.9 Å². The summed E-state index contributed by atoms with van der Waals surface area (Å²) < 4.78 is 16.4. The third kappa shape index (κ3) is 8.86. The van der Waals surface area contributed by atoms with Crippen LogP contribution in [0.15, 0.2) is 64.1 Å². The molecule has 0 unspecified atom stereocenters. The molecule has 3 aromatic rings. The lowest BCUT2D eigenvalue weighted by molar-refractivity contribution is -0.132. The molecule has 0 saturated heterocycles. The van der Waals surface area contributed by atoms with Crippen molar-refractivity contribution in [3.63, 3.8) is 0 Å². The van der Waals surface area contributed by atoms with Gasteiger partial charge >= 0.3 is 5.97 Å². The summed E-state index contributed by atoms with van der Waals surface area (Å²) in [6.45, 7) is 7.48. The predicted molar refractivity (Wildman–Crippen MR) is 154 cm³/mol. The highest BCUT2D eigenvalue weighted by atomic mass is 35.5. The van der Waals surface area contributed by atoms with Crippen LogP contribution in [0.3, 0.4) is 0 Å². The number of carbonyl (C=O) groups is 3. The molecule has 2 atom stereocenters. The minimum atomic E-state index is -0.919. The SMILES string of the molecule is CCOC(=O)c1ccc(-c2ccc(/C=N\NC(=O)[C@@H](CC(C)C)NC(=O)[C@H](C)Oc3ccc(Cl)cc3Cl)o2)cc1. The molecular weight excluding hydrogens is 557 g/mol. The van der Waals surface area contributed by atoms with E-state index in [1.807, 2.05) is 13.8 Å². The van der Waals surface area contributed by atoms with Crippen LogP contribution in [0.25, 0.3) is 11.3 Å². The molecule has 0 saturated carbocycles. The van der Waals surface area contributed by atoms with E-state index in [4.69, 9.17) is 37.1 Å². The molecule has 11 heteroatoms. The summed E-state index contributed by atoms with van der Waals surface area (Å²) in [5.41, 5.74) is 3.66. The van der Waals surface area contributed by atoms with Gasteiger partial charge in [0.05, 0.1) is 23.4 Å². The van der Waals surface area contributed by atoms with Gasteiger partial charge in [-0.15, -0.1) is 0 Å². The zero-order chi connectivity index (χ0) is 29.2. The molecule has 2 N–H and O–H groups in total. The van der Waals surface area contributed by atoms with Crippen molar-refractivity contribution in [3.05, 3.63) is 76.0 Å². The van der Waals surface area contributed by atoms with Gasteiger partial charge in [0.1, 0.15) is 23.3 Å². The first-order valence-corrected chi connectivity index (χ1v) is 13.4. The van der Waals surface area contributed by atoms with Gasteiger partial charge in [0, 0.05) is 10.6 Å². The van der Waals surface area contributed by atoms with Gasteiger partial charge < -0.3 is 19.2 Å². The van der Waals surface area contributed by atoms with Gasteiger partial charge in [-0.05, 0) is 68.7 Å². The van der Waals surface area contributed by atoms with Gasteiger partial charge in [0.2, 0.25) is 0 Å². The average molecular weight is 588 g/mol. The summed E-state index contributed by atoms with van der Waals surface area (Å²) in [4.78, 5) is 37.5. The Hall–Kier alpha value is -3.82. The number of halogens is 2. The minimum Gasteiger partial charge on any atom is -0.479 e. The van der Waals surface area contributed by atoms with Crippen LogP contribution in [0, 0.1) is 5.92 Å². The Bertz CT molecular complexity index is 1350. The highest BCUT2D eigenvalue weighted by Crippen LogP contribution is 2.28. The standard InChI is InChI=1S/C29H31Cl2N3O6/c1-5-38-29(37)20-8-6-19(7-9-20)25-13-11-22(40-25)16-32-34-28(36)24(14-17(2)3)33-27(35)18(4)39-26-12-10-21(30)15-23(26)31/h6-13,15-18,24H,5,14H2,1-4H3,(H,33,35)(H,34,36)/b32-16-/t18-,24+/m0/s1. The molecule has 0 bridgehead atoms. The molecule has 40 heavy (non-hydrogen) atoms. The second-order valence-electron chi connectivity index (χ2n) is 9.26. The van der Waals surface area contributed by atoms with Crippen molar-refractivity contribution in [3.8, 4) is 17.1 Å². The van der Waals surface area contributed by atoms with Crippen LogP contribution in [0.4, 0.5) is 0 Å². The zero-order valence-corrected chi connectivity index (χ0v) is 24.1. The topological polar surface area (TPSA) is 119 Å². The molecule has 0 fully saturated rings. The molecule has 2 amide bonds. The van der Waals surface area contributed by atoms with Gasteiger partial charge in [-0.25, -0.2) is 10.2 Å². The molecule has 0 aliphatic rings. The van der Waals surface area contributed by atoms with Gasteiger partial charge in [0.25, 0.3) is 11.8 Å². The number of benzene rings is 2. The fourth-order valence-corrected chi connectivity index (χ4v) is 4.06. The number of hydrazone groups is 1. The Balaban J connectivity index is 1.59. The Labute approximate surface area is 242 Å². The van der Waals surface area contributed by atoms with E-state index >= 15 is 0 Å². The average Bonchev–Trinajstić information content (AvgIpc) is 3.38. The summed E-state index contributed by atoms with van der Waals surface area (Å²) in [5.74, 6) is 0.00787. The number of rotatable bonds is 12. The van der Waals surface area contributed by atoms with E-state index in [1.54, 1.807) is 62.4 Å². The number of ether oxygens (including phenoxy) is 2. The van der Waals surface area contributed by atoms with Crippen LogP contribution < -0.4 is 15.5 Å². The van der Waals surface area contributed by atoms with Crippen molar-refractivity contribution in [2.24, 2.45) is 11.0 Å². The molecule has 3 rings (SSSR count). The Morgan fingerprint density at radius 1 is 1.00 bits per heavy atom. The predicted octanol–water partition coefficient (Wildman–Crippen LogP) is 5.88. The summed E-state index contributed by atoms with van der Waals surface area (Å²) >= 11 is 12.0. The van der Waals surface area contributed by atoms with Crippen LogP contribution >= 0.6 is 23.2 Å². The molecule has 1 heterocycles. The maximum absolute atomic E-state index is 12.9. The van der Waals surface area contributed by atoms with Crippen LogP contribution in [-0.2, 0) is 14.3 Å². The maximum Gasteiger partial charge on any atom is 0.338 e. The van der Waals surface area contributed by atoms with E-state index < -0.39 is 29.9 Å². The zero-order valence-electron chi connectivity index (χ0n) is 22.6. The normalized spacial score (nSPS) is 12.7. The smallest absolute Gasteiger partial charge is 0.338 e. The number of nitrogens with one attached hydrogen (secondary N) is 2. The minimum absolute atomic E-state index is 0.116. The fraction of sp³-hybridized carbons (Fsp3) is 0.310. The van der Waals surface area contributed by atoms with Crippen LogP contribution in [0.1, 0.15) is 50.2 Å². The second-order valence-corrected chi connectivity index (χ2v) is 10.1. The number of furan rings is 1. The first-order valence-electron chi connectivity index (χ1n) is 12.7. The maximum atomic E-state index is 12.9. The summed E-state index contributed by atoms with van der Waals surface area (Å²) in [6, 6.07) is 14.1. The van der Waals surface area contributed by atoms with E-state index in [9.17, 15) is 14.4 Å². The number of nitrogens with zero attached hydrogens (tertiary/aromatic N) is 1. The monoisotopic (exact) mass is 587 g/mol. The second kappa shape index (κ2) is 14.5. The Kier molecular flexibility index (Phi) is 11.2. The highest BCUT2D eigenvalue weighted by molar-refractivity contribution is 6.35. The molecular formula is C29H31Cl2N3O6. The van der Waals surface area contributed by atoms with Crippen molar-refractivity contribution in [1.82, 2.24) is 10.7 Å². The Morgan fingerprint density at radius 3 is 2.38 bits per heavy atom. The van der Waals surface area contributed by atoms with Crippen molar-refractivity contribution in [2.45, 2.75) is 46.3 Å². The van der Waals surface area contributed by atoms with Crippen molar-refractivity contribution < 1.29 is 28.3 Å². The fourth-order valence-electron chi connectivity index (χ4n) is 3.61. The lowest BCUT2D eigenvalue weighted by atomic mass is 10.0. The highest BCUT2D eigenvalue weighted by Gasteiger charge is 2.25. The van der Waals surface area contributed by atoms with E-state index in [1.165, 1.54) is 12.3 Å². The first-order chi connectivity index (χ1) is 19.1. The van der Waals surface area contributed by atoms with Gasteiger partial charge in [0.15, 0.2) is 6.10 Å². The molecule has 1 aromatic heterocycles. The van der Waals surface area contributed by atoms with Crippen LogP contribution in [0.2, 0.25) is 10.0 Å². The van der Waals surface area contributed by atoms with E-state index in [2.05, 4.69) is 15.8 Å². The third-order valence-corrected chi connectivity index (χ3v) is 6.11. The third-order valence-electron chi connectivity index (χ3n) is 5.58. The number of hydrogen-bond acceptors (Lipinski definition) is 7. The number of amides is 2. The molecule has 2 aromatic carbocycles. The molecule has 9 nitrogen and oxygen atoms in total. The summed E-state index contributed by atoms with van der Waals surface area (Å²) in [6.07, 6.45) is 0.822. The van der Waals surface area contributed by atoms with Gasteiger partial charge in [-0.2, -0.15) is 5.10 Å². The molecule has 0 spiro atoms. The van der Waals surface area contributed by atoms with Crippen molar-refractivity contribution >= 4 is 47.2 Å². The van der Waals surface area contributed by atoms with Crippen LogP contribution in [-0.4, -0.2) is 42.8 Å². The van der Waals surface area contributed by atoms with Crippen molar-refractivity contribution in [2.75, 3.05) is 6.61 Å². The number of esters is 1. The van der Waals surface area contributed by atoms with Gasteiger partial charge in [-0.1, -0.05) is 49.2 Å². The molecule has 212 valence electrons. The van der Waals surface area contributed by atoms with Gasteiger partial charge in [-0.3, -0.25) is 9.59 Å². The first kappa shape index (κ1) is 30.7.